The number of rotatable bonds is 8. The van der Waals surface area contributed by atoms with Crippen LogP contribution in [0.15, 0.2) is 48.8 Å². The molecule has 32 heavy (non-hydrogen) atoms. The number of carbonyl (C=O) groups is 1. The number of nitro benzene ring substituents is 1. The molecule has 0 atom stereocenters. The van der Waals surface area contributed by atoms with Crippen LogP contribution in [0.2, 0.25) is 5.02 Å². The third-order valence-corrected chi connectivity index (χ3v) is 4.38. The summed E-state index contributed by atoms with van der Waals surface area (Å²) < 4.78 is 5.06. The number of ether oxygens (including phenoxy) is 1. The number of nitro groups is 2. The highest BCUT2D eigenvalue weighted by atomic mass is 35.5. The number of nitrogens with one attached hydrogen (secondary N) is 3. The van der Waals surface area contributed by atoms with E-state index in [2.05, 4.69) is 26.1 Å². The Hall–Kier alpha value is -4.52. The summed E-state index contributed by atoms with van der Waals surface area (Å²) in [5, 5.41) is 25.3. The SMILES string of the molecule is COc1ccc(Nc2ncnc(NNC(=O)c3ccc(Cl)c([N+](=O)[O-])c3)c2[N+](=O)[O-])cc1. The van der Waals surface area contributed by atoms with E-state index in [1.807, 2.05) is 0 Å². The van der Waals surface area contributed by atoms with E-state index in [4.69, 9.17) is 16.3 Å². The molecule has 13 nitrogen and oxygen atoms in total. The van der Waals surface area contributed by atoms with Crippen molar-refractivity contribution in [1.82, 2.24) is 15.4 Å². The second kappa shape index (κ2) is 9.53. The zero-order valence-corrected chi connectivity index (χ0v) is 17.0. The summed E-state index contributed by atoms with van der Waals surface area (Å²) in [7, 11) is 1.51. The molecule has 3 rings (SSSR count). The zero-order valence-electron chi connectivity index (χ0n) is 16.2. The Kier molecular flexibility index (Phi) is 6.60. The Morgan fingerprint density at radius 3 is 2.34 bits per heavy atom. The first-order valence-corrected chi connectivity index (χ1v) is 9.08. The molecule has 14 heteroatoms. The average molecular weight is 460 g/mol. The number of benzene rings is 2. The molecule has 0 saturated heterocycles. The van der Waals surface area contributed by atoms with Gasteiger partial charge in [-0.05, 0) is 36.4 Å². The first-order chi connectivity index (χ1) is 15.3. The highest BCUT2D eigenvalue weighted by Crippen LogP contribution is 2.31. The Morgan fingerprint density at radius 2 is 1.72 bits per heavy atom. The maximum absolute atomic E-state index is 12.3. The monoisotopic (exact) mass is 459 g/mol. The number of hydrogen-bond donors (Lipinski definition) is 3. The highest BCUT2D eigenvalue weighted by Gasteiger charge is 2.24. The van der Waals surface area contributed by atoms with Gasteiger partial charge in [-0.15, -0.1) is 0 Å². The second-order valence-corrected chi connectivity index (χ2v) is 6.44. The van der Waals surface area contributed by atoms with Crippen molar-refractivity contribution in [2.45, 2.75) is 0 Å². The van der Waals surface area contributed by atoms with Gasteiger partial charge in [0.05, 0.1) is 17.0 Å². The number of nitrogens with zero attached hydrogens (tertiary/aromatic N) is 4. The summed E-state index contributed by atoms with van der Waals surface area (Å²) in [5.74, 6) is -0.644. The molecule has 0 aliphatic heterocycles. The van der Waals surface area contributed by atoms with Crippen molar-refractivity contribution in [2.24, 2.45) is 0 Å². The summed E-state index contributed by atoms with van der Waals surface area (Å²) in [6.07, 6.45) is 1.06. The Balaban J connectivity index is 1.81. The van der Waals surface area contributed by atoms with Crippen molar-refractivity contribution < 1.29 is 19.4 Å². The number of carbonyl (C=O) groups excluding carboxylic acids is 1. The minimum absolute atomic E-state index is 0.0955. The fourth-order valence-corrected chi connectivity index (χ4v) is 2.71. The van der Waals surface area contributed by atoms with Gasteiger partial charge in [-0.2, -0.15) is 0 Å². The van der Waals surface area contributed by atoms with Crippen LogP contribution in [0.25, 0.3) is 0 Å². The van der Waals surface area contributed by atoms with Crippen molar-refractivity contribution in [2.75, 3.05) is 17.9 Å². The molecule has 0 unspecified atom stereocenters. The van der Waals surface area contributed by atoms with Crippen LogP contribution in [0, 0.1) is 20.2 Å². The molecule has 1 heterocycles. The smallest absolute Gasteiger partial charge is 0.355 e. The van der Waals surface area contributed by atoms with Crippen molar-refractivity contribution in [3.63, 3.8) is 0 Å². The van der Waals surface area contributed by atoms with Gasteiger partial charge in [0.1, 0.15) is 17.1 Å². The largest absolute Gasteiger partial charge is 0.497 e. The van der Waals surface area contributed by atoms with Crippen molar-refractivity contribution >= 4 is 46.2 Å². The molecule has 164 valence electrons. The Bertz CT molecular complexity index is 1190. The third kappa shape index (κ3) is 4.96. The standard InChI is InChI=1S/C18H14ClN7O6/c1-32-12-5-3-11(4-6-12)22-16-15(26(30)31)17(21-9-20-16)23-24-18(27)10-2-7-13(19)14(8-10)25(28)29/h2-9H,1H3,(H,24,27)(H2,20,21,22,23). The van der Waals surface area contributed by atoms with E-state index in [9.17, 15) is 25.0 Å². The van der Waals surface area contributed by atoms with Gasteiger partial charge in [0.15, 0.2) is 0 Å². The number of amides is 1. The molecule has 0 bridgehead atoms. The predicted molar refractivity (Wildman–Crippen MR) is 114 cm³/mol. The van der Waals surface area contributed by atoms with Gasteiger partial charge in [-0.25, -0.2) is 9.97 Å². The maximum Gasteiger partial charge on any atom is 0.355 e. The van der Waals surface area contributed by atoms with E-state index in [-0.39, 0.29) is 22.2 Å². The molecule has 1 aromatic heterocycles. The normalized spacial score (nSPS) is 10.2. The van der Waals surface area contributed by atoms with Crippen LogP contribution in [0.3, 0.4) is 0 Å². The number of halogens is 1. The molecule has 0 saturated carbocycles. The molecule has 0 fully saturated rings. The Morgan fingerprint density at radius 1 is 1.03 bits per heavy atom. The first-order valence-electron chi connectivity index (χ1n) is 8.71. The summed E-state index contributed by atoms with van der Waals surface area (Å²) in [6, 6.07) is 10.0. The summed E-state index contributed by atoms with van der Waals surface area (Å²) in [4.78, 5) is 41.2. The molecule has 3 aromatic rings. The van der Waals surface area contributed by atoms with Gasteiger partial charge in [0.2, 0.25) is 11.6 Å². The highest BCUT2D eigenvalue weighted by molar-refractivity contribution is 6.32. The van der Waals surface area contributed by atoms with Gasteiger partial charge in [-0.1, -0.05) is 11.6 Å². The molecule has 0 radical (unpaired) electrons. The van der Waals surface area contributed by atoms with Gasteiger partial charge in [-0.3, -0.25) is 35.9 Å². The van der Waals surface area contributed by atoms with Gasteiger partial charge >= 0.3 is 5.69 Å². The minimum atomic E-state index is -0.803. The van der Waals surface area contributed by atoms with Crippen LogP contribution in [0.5, 0.6) is 5.75 Å². The number of methoxy groups -OCH3 is 1. The topological polar surface area (TPSA) is 174 Å². The van der Waals surface area contributed by atoms with Crippen LogP contribution in [0.4, 0.5) is 28.7 Å². The summed E-state index contributed by atoms with van der Waals surface area (Å²) >= 11 is 5.73. The van der Waals surface area contributed by atoms with E-state index in [1.54, 1.807) is 24.3 Å². The van der Waals surface area contributed by atoms with Crippen LogP contribution < -0.4 is 20.9 Å². The average Bonchev–Trinajstić information content (AvgIpc) is 2.78. The number of hydrazine groups is 1. The molecular formula is C18H14ClN7O6. The lowest BCUT2D eigenvalue weighted by atomic mass is 10.2. The van der Waals surface area contributed by atoms with Crippen molar-refractivity contribution in [3.05, 3.63) is 79.6 Å². The van der Waals surface area contributed by atoms with Crippen molar-refractivity contribution in [1.29, 1.82) is 0 Å². The maximum atomic E-state index is 12.3. The first kappa shape index (κ1) is 22.2. The fourth-order valence-electron chi connectivity index (χ4n) is 2.53. The van der Waals surface area contributed by atoms with Crippen LogP contribution in [-0.2, 0) is 0 Å². The lowest BCUT2D eigenvalue weighted by Gasteiger charge is -2.11. The van der Waals surface area contributed by atoms with Crippen molar-refractivity contribution in [3.8, 4) is 5.75 Å². The minimum Gasteiger partial charge on any atom is -0.497 e. The molecule has 0 spiro atoms. The van der Waals surface area contributed by atoms with Crippen LogP contribution in [-0.4, -0.2) is 32.8 Å². The molecule has 2 aromatic carbocycles. The van der Waals surface area contributed by atoms with Crippen LogP contribution in [0.1, 0.15) is 10.4 Å². The summed E-state index contributed by atoms with van der Waals surface area (Å²) in [6.45, 7) is 0. The van der Waals surface area contributed by atoms with E-state index >= 15 is 0 Å². The lowest BCUT2D eigenvalue weighted by Crippen LogP contribution is -2.30. The lowest BCUT2D eigenvalue weighted by molar-refractivity contribution is -0.384. The number of anilines is 3. The molecular weight excluding hydrogens is 446 g/mol. The second-order valence-electron chi connectivity index (χ2n) is 6.03. The molecule has 0 aliphatic carbocycles. The van der Waals surface area contributed by atoms with Gasteiger partial charge in [0.25, 0.3) is 11.6 Å². The van der Waals surface area contributed by atoms with E-state index in [0.29, 0.717) is 11.4 Å². The van der Waals surface area contributed by atoms with Crippen LogP contribution >= 0.6 is 11.6 Å². The Labute approximate surface area is 184 Å². The molecule has 3 N–H and O–H groups in total. The quantitative estimate of drug-likeness (QED) is 0.334. The van der Waals surface area contributed by atoms with Gasteiger partial charge < -0.3 is 10.1 Å². The predicted octanol–water partition coefficient (Wildman–Crippen LogP) is 3.46. The van der Waals surface area contributed by atoms with E-state index in [0.717, 1.165) is 12.4 Å². The van der Waals surface area contributed by atoms with E-state index in [1.165, 1.54) is 19.2 Å². The molecule has 0 aliphatic rings. The fraction of sp³-hybridized carbons (Fsp3) is 0.0556. The van der Waals surface area contributed by atoms with Gasteiger partial charge in [0, 0.05) is 17.3 Å². The zero-order chi connectivity index (χ0) is 23.3. The number of aromatic nitrogens is 2. The number of hydrogen-bond acceptors (Lipinski definition) is 10. The molecule has 1 amide bonds. The van der Waals surface area contributed by atoms with E-state index < -0.39 is 27.1 Å². The summed E-state index contributed by atoms with van der Waals surface area (Å²) in [5.41, 5.74) is 3.96. The third-order valence-electron chi connectivity index (χ3n) is 4.06.